The van der Waals surface area contributed by atoms with Gasteiger partial charge >= 0.3 is 0 Å². The van der Waals surface area contributed by atoms with Crippen LogP contribution < -0.4 is 10.9 Å². The van der Waals surface area contributed by atoms with Crippen LogP contribution in [0.3, 0.4) is 0 Å². The monoisotopic (exact) mass is 406 g/mol. The Morgan fingerprint density at radius 1 is 1.13 bits per heavy atom. The number of rotatable bonds is 8. The van der Waals surface area contributed by atoms with Crippen LogP contribution in [0.5, 0.6) is 0 Å². The highest BCUT2D eigenvalue weighted by atomic mass is 19.1. The Labute approximate surface area is 173 Å². The average Bonchev–Trinajstić information content (AvgIpc) is 3.13. The Hall–Kier alpha value is -3.29. The van der Waals surface area contributed by atoms with Gasteiger partial charge in [0, 0.05) is 36.8 Å². The molecule has 4 aromatic rings. The van der Waals surface area contributed by atoms with Crippen molar-refractivity contribution in [3.8, 4) is 16.9 Å². The molecule has 30 heavy (non-hydrogen) atoms. The molecule has 0 saturated carbocycles. The summed E-state index contributed by atoms with van der Waals surface area (Å²) >= 11 is 0. The second-order valence-corrected chi connectivity index (χ2v) is 7.01. The maximum Gasteiger partial charge on any atom is 0.254 e. The smallest absolute Gasteiger partial charge is 0.254 e. The number of nitrogens with one attached hydrogen (secondary N) is 2. The summed E-state index contributed by atoms with van der Waals surface area (Å²) in [4.78, 5) is 15.7. The van der Waals surface area contributed by atoms with Gasteiger partial charge in [-0.1, -0.05) is 18.2 Å². The summed E-state index contributed by atoms with van der Waals surface area (Å²) in [6, 6.07) is 17.7. The SMILES string of the molecule is COCCCNCc1cc2c(-c3ccc(F)cc3)nn(-c3ccccc3)c2[nH]c1=O. The summed E-state index contributed by atoms with van der Waals surface area (Å²) in [6.07, 6.45) is 0.865. The molecule has 0 fully saturated rings. The molecule has 2 aromatic heterocycles. The van der Waals surface area contributed by atoms with E-state index in [-0.39, 0.29) is 11.4 Å². The normalized spacial score (nSPS) is 11.3. The third-order valence-corrected chi connectivity index (χ3v) is 4.90. The van der Waals surface area contributed by atoms with Crippen LogP contribution in [0.15, 0.2) is 65.5 Å². The molecule has 6 nitrogen and oxygen atoms in total. The minimum Gasteiger partial charge on any atom is -0.385 e. The lowest BCUT2D eigenvalue weighted by Gasteiger charge is -2.06. The van der Waals surface area contributed by atoms with Gasteiger partial charge in [-0.25, -0.2) is 9.07 Å². The van der Waals surface area contributed by atoms with E-state index in [9.17, 15) is 9.18 Å². The van der Waals surface area contributed by atoms with Gasteiger partial charge in [0.25, 0.3) is 5.56 Å². The molecule has 0 bridgehead atoms. The van der Waals surface area contributed by atoms with Gasteiger partial charge in [0.1, 0.15) is 17.2 Å². The highest BCUT2D eigenvalue weighted by molar-refractivity contribution is 5.92. The van der Waals surface area contributed by atoms with E-state index < -0.39 is 0 Å². The number of fused-ring (bicyclic) bond motifs is 1. The molecule has 0 radical (unpaired) electrons. The van der Waals surface area contributed by atoms with Crippen LogP contribution >= 0.6 is 0 Å². The van der Waals surface area contributed by atoms with Gasteiger partial charge in [0.05, 0.1) is 5.69 Å². The molecule has 0 atom stereocenters. The van der Waals surface area contributed by atoms with Gasteiger partial charge in [0.15, 0.2) is 0 Å². The maximum atomic E-state index is 13.4. The van der Waals surface area contributed by atoms with Crippen molar-refractivity contribution in [1.29, 1.82) is 0 Å². The molecule has 0 unspecified atom stereocenters. The van der Waals surface area contributed by atoms with E-state index in [1.807, 2.05) is 36.4 Å². The summed E-state index contributed by atoms with van der Waals surface area (Å²) in [5.74, 6) is -0.306. The van der Waals surface area contributed by atoms with E-state index in [2.05, 4.69) is 10.3 Å². The lowest BCUT2D eigenvalue weighted by molar-refractivity contribution is 0.194. The average molecular weight is 406 g/mol. The summed E-state index contributed by atoms with van der Waals surface area (Å²) in [7, 11) is 1.67. The summed E-state index contributed by atoms with van der Waals surface area (Å²) < 4.78 is 20.2. The van der Waals surface area contributed by atoms with E-state index in [1.165, 1.54) is 12.1 Å². The third-order valence-electron chi connectivity index (χ3n) is 4.90. The highest BCUT2D eigenvalue weighted by Gasteiger charge is 2.16. The maximum absolute atomic E-state index is 13.4. The Morgan fingerprint density at radius 2 is 1.90 bits per heavy atom. The number of ether oxygens (including phenoxy) is 1. The first-order valence-electron chi connectivity index (χ1n) is 9.83. The fourth-order valence-electron chi connectivity index (χ4n) is 3.39. The number of hydrogen-bond acceptors (Lipinski definition) is 4. The zero-order valence-corrected chi connectivity index (χ0v) is 16.7. The Kier molecular flexibility index (Phi) is 6.02. The van der Waals surface area contributed by atoms with Crippen LogP contribution in [0.2, 0.25) is 0 Å². The second-order valence-electron chi connectivity index (χ2n) is 7.01. The van der Waals surface area contributed by atoms with E-state index in [4.69, 9.17) is 9.84 Å². The van der Waals surface area contributed by atoms with E-state index in [0.29, 0.717) is 30.1 Å². The topological polar surface area (TPSA) is 71.9 Å². The molecule has 2 aromatic carbocycles. The molecule has 0 spiro atoms. The highest BCUT2D eigenvalue weighted by Crippen LogP contribution is 2.29. The van der Waals surface area contributed by atoms with E-state index in [0.717, 1.165) is 29.6 Å². The molecule has 7 heteroatoms. The van der Waals surface area contributed by atoms with Crippen LogP contribution in [-0.4, -0.2) is 35.0 Å². The van der Waals surface area contributed by atoms with Crippen LogP contribution in [-0.2, 0) is 11.3 Å². The summed E-state index contributed by atoms with van der Waals surface area (Å²) in [6.45, 7) is 1.86. The molecule has 4 rings (SSSR count). The fraction of sp³-hybridized carbons (Fsp3) is 0.217. The Morgan fingerprint density at radius 3 is 2.63 bits per heavy atom. The minimum atomic E-state index is -0.306. The first-order chi connectivity index (χ1) is 14.7. The van der Waals surface area contributed by atoms with Gasteiger partial charge in [-0.15, -0.1) is 0 Å². The van der Waals surface area contributed by atoms with Crippen LogP contribution in [0.4, 0.5) is 4.39 Å². The first-order valence-corrected chi connectivity index (χ1v) is 9.83. The van der Waals surface area contributed by atoms with E-state index in [1.54, 1.807) is 23.9 Å². The first kappa shape index (κ1) is 20.0. The fourth-order valence-corrected chi connectivity index (χ4v) is 3.39. The Balaban J connectivity index is 1.79. The predicted octanol–water partition coefficient (Wildman–Crippen LogP) is 3.65. The zero-order chi connectivity index (χ0) is 20.9. The van der Waals surface area contributed by atoms with Crippen molar-refractivity contribution in [2.24, 2.45) is 0 Å². The standard InChI is InChI=1S/C23H23FN4O2/c1-30-13-5-12-25-15-17-14-20-21(16-8-10-18(24)11-9-16)27-28(22(20)26-23(17)29)19-6-3-2-4-7-19/h2-4,6-11,14,25H,5,12-13,15H2,1H3,(H,26,29). The number of benzene rings is 2. The third kappa shape index (κ3) is 4.17. The van der Waals surface area contributed by atoms with Gasteiger partial charge in [0.2, 0.25) is 0 Å². The van der Waals surface area contributed by atoms with Crippen molar-refractivity contribution in [3.05, 3.63) is 82.4 Å². The molecule has 0 saturated heterocycles. The molecule has 0 aliphatic carbocycles. The number of aromatic nitrogens is 3. The number of pyridine rings is 1. The molecule has 2 N–H and O–H groups in total. The number of H-pyrrole nitrogens is 1. The number of para-hydroxylation sites is 1. The van der Waals surface area contributed by atoms with Gasteiger partial charge in [-0.2, -0.15) is 5.10 Å². The van der Waals surface area contributed by atoms with Crippen molar-refractivity contribution in [2.45, 2.75) is 13.0 Å². The number of nitrogens with zero attached hydrogens (tertiary/aromatic N) is 2. The molecule has 0 amide bonds. The van der Waals surface area contributed by atoms with Crippen molar-refractivity contribution in [1.82, 2.24) is 20.1 Å². The lowest BCUT2D eigenvalue weighted by atomic mass is 10.1. The molecular weight excluding hydrogens is 383 g/mol. The summed E-state index contributed by atoms with van der Waals surface area (Å²) in [5, 5.41) is 8.82. The molecule has 0 aliphatic heterocycles. The van der Waals surface area contributed by atoms with Crippen molar-refractivity contribution in [3.63, 3.8) is 0 Å². The van der Waals surface area contributed by atoms with Gasteiger partial charge in [-0.3, -0.25) is 4.79 Å². The van der Waals surface area contributed by atoms with Crippen LogP contribution in [0, 0.1) is 5.82 Å². The number of halogens is 1. The van der Waals surface area contributed by atoms with E-state index >= 15 is 0 Å². The Bertz CT molecular complexity index is 1180. The van der Waals surface area contributed by atoms with Crippen LogP contribution in [0.25, 0.3) is 28.0 Å². The predicted molar refractivity (Wildman–Crippen MR) is 115 cm³/mol. The quantitative estimate of drug-likeness (QED) is 0.438. The molecule has 0 aliphatic rings. The van der Waals surface area contributed by atoms with Gasteiger partial charge in [-0.05, 0) is 55.4 Å². The van der Waals surface area contributed by atoms with Crippen LogP contribution in [0.1, 0.15) is 12.0 Å². The summed E-state index contributed by atoms with van der Waals surface area (Å²) in [5.41, 5.74) is 3.36. The van der Waals surface area contributed by atoms with Gasteiger partial charge < -0.3 is 15.0 Å². The van der Waals surface area contributed by atoms with Crippen molar-refractivity contribution < 1.29 is 9.13 Å². The molecule has 154 valence electrons. The largest absolute Gasteiger partial charge is 0.385 e. The lowest BCUT2D eigenvalue weighted by Crippen LogP contribution is -2.22. The minimum absolute atomic E-state index is 0.163. The number of methoxy groups -OCH3 is 1. The second kappa shape index (κ2) is 9.02. The molecule has 2 heterocycles. The number of hydrogen-bond donors (Lipinski definition) is 2. The number of aromatic amines is 1. The zero-order valence-electron chi connectivity index (χ0n) is 16.7. The molecular formula is C23H23FN4O2. The van der Waals surface area contributed by atoms with Crippen molar-refractivity contribution >= 4 is 11.0 Å². The van der Waals surface area contributed by atoms with Crippen molar-refractivity contribution in [2.75, 3.05) is 20.3 Å².